The van der Waals surface area contributed by atoms with Crippen LogP contribution in [0.2, 0.25) is 0 Å². The van der Waals surface area contributed by atoms with Gasteiger partial charge in [0.25, 0.3) is 0 Å². The quantitative estimate of drug-likeness (QED) is 0.616. The van der Waals surface area contributed by atoms with Gasteiger partial charge >= 0.3 is 5.97 Å². The molecule has 1 aromatic carbocycles. The summed E-state index contributed by atoms with van der Waals surface area (Å²) in [5.41, 5.74) is 1.03. The highest BCUT2D eigenvalue weighted by Gasteiger charge is 2.43. The van der Waals surface area contributed by atoms with Gasteiger partial charge in [0.1, 0.15) is 11.4 Å². The normalized spacial score (nSPS) is 20.9. The topological polar surface area (TPSA) is 71.4 Å². The Kier molecular flexibility index (Phi) is 6.63. The lowest BCUT2D eigenvalue weighted by Crippen LogP contribution is -2.43. The molecule has 3 aliphatic rings. The number of thioether (sulfide) groups is 1. The number of amides is 1. The van der Waals surface area contributed by atoms with Gasteiger partial charge in [0, 0.05) is 24.4 Å². The summed E-state index contributed by atoms with van der Waals surface area (Å²) >= 11 is 1.37. The molecule has 176 valence electrons. The van der Waals surface area contributed by atoms with E-state index in [9.17, 15) is 9.59 Å². The molecule has 0 bridgehead atoms. The number of rotatable bonds is 4. The van der Waals surface area contributed by atoms with Crippen molar-refractivity contribution in [2.45, 2.75) is 45.8 Å². The molecule has 0 aromatic heterocycles. The molecule has 1 fully saturated rings. The zero-order valence-corrected chi connectivity index (χ0v) is 20.1. The summed E-state index contributed by atoms with van der Waals surface area (Å²) in [6.45, 7) is 9.20. The van der Waals surface area contributed by atoms with Crippen LogP contribution in [0.15, 0.2) is 51.6 Å². The summed E-state index contributed by atoms with van der Waals surface area (Å²) in [4.78, 5) is 34.4. The third-order valence-electron chi connectivity index (χ3n) is 5.52. The zero-order chi connectivity index (χ0) is 23.8. The number of fused-ring (bicyclic) bond motifs is 1. The van der Waals surface area contributed by atoms with Crippen LogP contribution in [-0.2, 0) is 19.1 Å². The Hall–Kier alpha value is -2.65. The average molecular weight is 474 g/mol. The van der Waals surface area contributed by atoms with Crippen LogP contribution in [0.25, 0.3) is 0 Å². The van der Waals surface area contributed by atoms with E-state index in [1.165, 1.54) is 17.8 Å². The maximum atomic E-state index is 15.1. The molecular weight excluding hydrogens is 445 g/mol. The maximum Gasteiger partial charge on any atom is 0.338 e. The molecule has 9 heteroatoms. The Bertz CT molecular complexity index is 1050. The van der Waals surface area contributed by atoms with E-state index >= 15 is 4.39 Å². The lowest BCUT2D eigenvalue weighted by molar-refractivity contribution is -0.150. The number of esters is 1. The van der Waals surface area contributed by atoms with E-state index in [1.54, 1.807) is 55.7 Å². The molecule has 3 aliphatic heterocycles. The van der Waals surface area contributed by atoms with Crippen LogP contribution in [0, 0.1) is 5.82 Å². The van der Waals surface area contributed by atoms with Crippen LogP contribution in [0.4, 0.5) is 4.39 Å². The Morgan fingerprint density at radius 3 is 2.61 bits per heavy atom. The first-order valence-electron chi connectivity index (χ1n) is 10.9. The van der Waals surface area contributed by atoms with Crippen molar-refractivity contribution >= 4 is 28.8 Å². The minimum atomic E-state index is -0.785. The number of benzene rings is 1. The highest BCUT2D eigenvalue weighted by Crippen LogP contribution is 2.45. The van der Waals surface area contributed by atoms with Gasteiger partial charge in [-0.15, -0.1) is 0 Å². The van der Waals surface area contributed by atoms with Gasteiger partial charge in [-0.2, -0.15) is 0 Å². The van der Waals surface area contributed by atoms with Crippen molar-refractivity contribution in [2.24, 2.45) is 4.99 Å². The Morgan fingerprint density at radius 1 is 1.24 bits per heavy atom. The predicted octanol–water partition coefficient (Wildman–Crippen LogP) is 3.99. The molecule has 7 nitrogen and oxygen atoms in total. The van der Waals surface area contributed by atoms with Crippen LogP contribution >= 0.6 is 11.8 Å². The van der Waals surface area contributed by atoms with E-state index < -0.39 is 23.4 Å². The van der Waals surface area contributed by atoms with E-state index in [4.69, 9.17) is 9.47 Å². The third-order valence-corrected chi connectivity index (χ3v) is 6.40. The smallest absolute Gasteiger partial charge is 0.338 e. The Balaban J connectivity index is 1.72. The van der Waals surface area contributed by atoms with Crippen molar-refractivity contribution in [1.29, 1.82) is 0 Å². The third kappa shape index (κ3) is 4.99. The molecule has 0 aliphatic carbocycles. The first-order chi connectivity index (χ1) is 15.7. The number of hydrogen-bond donors (Lipinski definition) is 0. The number of halogens is 1. The fraction of sp³-hybridized carbons (Fsp3) is 0.458. The molecular formula is C24H28FN3O4S. The highest BCUT2D eigenvalue weighted by molar-refractivity contribution is 8.16. The van der Waals surface area contributed by atoms with Gasteiger partial charge in [0.15, 0.2) is 5.17 Å². The molecule has 1 saturated heterocycles. The van der Waals surface area contributed by atoms with Crippen molar-refractivity contribution in [2.75, 3.05) is 26.3 Å². The molecule has 4 rings (SSSR count). The molecule has 0 N–H and O–H groups in total. The largest absolute Gasteiger partial charge is 0.456 e. The van der Waals surface area contributed by atoms with Crippen LogP contribution in [-0.4, -0.2) is 58.7 Å². The first kappa shape index (κ1) is 23.5. The van der Waals surface area contributed by atoms with Gasteiger partial charge in [0.2, 0.25) is 5.91 Å². The van der Waals surface area contributed by atoms with E-state index in [2.05, 4.69) is 4.99 Å². The monoisotopic (exact) mass is 473 g/mol. The molecule has 1 amide bonds. The van der Waals surface area contributed by atoms with E-state index in [1.807, 2.05) is 5.41 Å². The molecule has 0 saturated carbocycles. The van der Waals surface area contributed by atoms with Crippen molar-refractivity contribution < 1.29 is 23.5 Å². The summed E-state index contributed by atoms with van der Waals surface area (Å²) in [5.74, 6) is -1.02. The summed E-state index contributed by atoms with van der Waals surface area (Å²) in [7, 11) is 0. The number of hydrogen-bond acceptors (Lipinski definition) is 7. The van der Waals surface area contributed by atoms with Crippen molar-refractivity contribution in [3.63, 3.8) is 0 Å². The van der Waals surface area contributed by atoms with Crippen molar-refractivity contribution in [3.05, 3.63) is 58.0 Å². The molecule has 0 spiro atoms. The number of ether oxygens (including phenoxy) is 2. The molecule has 33 heavy (non-hydrogen) atoms. The SMILES string of the molecule is CC1=C(C(=O)OC(C)(C)C)[C@@H](c2ccccc2F)N2C(CC(=O)N3CCOCC3)=CSC2=N1. The van der Waals surface area contributed by atoms with E-state index in [0.717, 1.165) is 0 Å². The summed E-state index contributed by atoms with van der Waals surface area (Å²) in [5, 5.41) is 2.47. The second-order valence-electron chi connectivity index (χ2n) is 9.09. The van der Waals surface area contributed by atoms with Crippen molar-refractivity contribution in [3.8, 4) is 0 Å². The lowest BCUT2D eigenvalue weighted by Gasteiger charge is -2.37. The number of carbonyl (C=O) groups excluding carboxylic acids is 2. The summed E-state index contributed by atoms with van der Waals surface area (Å²) in [6.07, 6.45) is 0.123. The van der Waals surface area contributed by atoms with E-state index in [-0.39, 0.29) is 17.9 Å². The fourth-order valence-corrected chi connectivity index (χ4v) is 5.00. The number of nitrogens with zero attached hydrogens (tertiary/aromatic N) is 3. The molecule has 3 heterocycles. The van der Waals surface area contributed by atoms with Gasteiger partial charge in [0.05, 0.1) is 36.9 Å². The summed E-state index contributed by atoms with van der Waals surface area (Å²) in [6, 6.07) is 5.58. The van der Waals surface area contributed by atoms with Crippen LogP contribution in [0.3, 0.4) is 0 Å². The molecule has 0 radical (unpaired) electrons. The first-order valence-corrected chi connectivity index (χ1v) is 11.8. The lowest BCUT2D eigenvalue weighted by atomic mass is 9.93. The standard InChI is InChI=1S/C24H28FN3O4S/c1-15-20(22(30)32-24(2,3)4)21(17-7-5-6-8-18(17)25)28-16(14-33-23(28)26-15)13-19(29)27-9-11-31-12-10-27/h5-8,14,21H,9-13H2,1-4H3/t21-/m1/s1. The van der Waals surface area contributed by atoms with E-state index in [0.29, 0.717) is 48.4 Å². The van der Waals surface area contributed by atoms with Gasteiger partial charge in [-0.25, -0.2) is 14.2 Å². The van der Waals surface area contributed by atoms with Gasteiger partial charge in [-0.3, -0.25) is 4.79 Å². The Labute approximate surface area is 197 Å². The number of amidine groups is 1. The summed E-state index contributed by atoms with van der Waals surface area (Å²) < 4.78 is 26.1. The minimum absolute atomic E-state index is 0.0382. The fourth-order valence-electron chi connectivity index (χ4n) is 4.03. The number of carbonyl (C=O) groups is 2. The van der Waals surface area contributed by atoms with Crippen LogP contribution in [0.1, 0.15) is 45.7 Å². The maximum absolute atomic E-state index is 15.1. The average Bonchev–Trinajstić information content (AvgIpc) is 3.14. The van der Waals surface area contributed by atoms with Crippen LogP contribution in [0.5, 0.6) is 0 Å². The minimum Gasteiger partial charge on any atom is -0.456 e. The van der Waals surface area contributed by atoms with Crippen molar-refractivity contribution in [1.82, 2.24) is 9.80 Å². The second kappa shape index (κ2) is 9.30. The molecule has 1 atom stereocenters. The number of allylic oxidation sites excluding steroid dienone is 1. The van der Waals surface area contributed by atoms with Gasteiger partial charge < -0.3 is 19.3 Å². The zero-order valence-electron chi connectivity index (χ0n) is 19.3. The molecule has 1 aromatic rings. The number of morpholine rings is 1. The highest BCUT2D eigenvalue weighted by atomic mass is 32.2. The Morgan fingerprint density at radius 2 is 1.94 bits per heavy atom. The van der Waals surface area contributed by atoms with Crippen LogP contribution < -0.4 is 0 Å². The second-order valence-corrected chi connectivity index (χ2v) is 9.92. The van der Waals surface area contributed by atoms with Gasteiger partial charge in [-0.05, 0) is 39.2 Å². The molecule has 0 unspecified atom stereocenters. The van der Waals surface area contributed by atoms with Gasteiger partial charge in [-0.1, -0.05) is 30.0 Å². The predicted molar refractivity (Wildman–Crippen MR) is 125 cm³/mol. The number of aliphatic imine (C=N–C) groups is 1.